The van der Waals surface area contributed by atoms with E-state index in [4.69, 9.17) is 5.41 Å². The zero-order valence-corrected chi connectivity index (χ0v) is 6.78. The van der Waals surface area contributed by atoms with E-state index in [1.165, 1.54) is 12.7 Å². The van der Waals surface area contributed by atoms with E-state index in [-0.39, 0.29) is 5.49 Å². The number of fused-ring (bicyclic) bond motifs is 1. The topological polar surface area (TPSA) is 70.3 Å². The maximum Gasteiger partial charge on any atom is 0.173 e. The molecule has 2 heterocycles. The van der Waals surface area contributed by atoms with Gasteiger partial charge in [0.25, 0.3) is 0 Å². The Bertz CT molecular complexity index is 541. The van der Waals surface area contributed by atoms with Gasteiger partial charge < -0.3 is 4.98 Å². The number of rotatable bonds is 1. The van der Waals surface area contributed by atoms with Crippen LogP contribution in [0.15, 0.2) is 25.0 Å². The summed E-state index contributed by atoms with van der Waals surface area (Å²) in [6.07, 6.45) is 4.64. The molecule has 2 aromatic heterocycles. The summed E-state index contributed by atoms with van der Waals surface area (Å²) >= 11 is 0. The molecule has 2 N–H and O–H groups in total. The highest BCUT2D eigenvalue weighted by Crippen LogP contribution is 2.01. The van der Waals surface area contributed by atoms with Crippen molar-refractivity contribution in [2.24, 2.45) is 0 Å². The molecule has 0 radical (unpaired) electrons. The van der Waals surface area contributed by atoms with E-state index in [9.17, 15) is 0 Å². The molecule has 2 rings (SSSR count). The lowest BCUT2D eigenvalue weighted by Gasteiger charge is -1.96. The van der Waals surface area contributed by atoms with E-state index in [0.717, 1.165) is 0 Å². The SMILES string of the molecule is C=C=Cn1cnc(=N)c2[nH]cnc21. The molecule has 0 spiro atoms. The van der Waals surface area contributed by atoms with E-state index in [2.05, 4.69) is 27.3 Å². The molecule has 0 bridgehead atoms. The van der Waals surface area contributed by atoms with Gasteiger partial charge in [-0.15, -0.1) is 5.73 Å². The van der Waals surface area contributed by atoms with E-state index >= 15 is 0 Å². The Kier molecular flexibility index (Phi) is 1.58. The molecule has 0 atom stereocenters. The summed E-state index contributed by atoms with van der Waals surface area (Å²) in [6.45, 7) is 3.46. The lowest BCUT2D eigenvalue weighted by Crippen LogP contribution is -2.09. The van der Waals surface area contributed by atoms with Crippen molar-refractivity contribution in [3.63, 3.8) is 0 Å². The summed E-state index contributed by atoms with van der Waals surface area (Å²) in [5.74, 6) is 0. The summed E-state index contributed by atoms with van der Waals surface area (Å²) < 4.78 is 1.65. The van der Waals surface area contributed by atoms with Crippen molar-refractivity contribution in [1.82, 2.24) is 19.5 Å². The normalized spacial score (nSPS) is 9.85. The third-order valence-electron chi connectivity index (χ3n) is 1.64. The van der Waals surface area contributed by atoms with Gasteiger partial charge in [0, 0.05) is 0 Å². The third-order valence-corrected chi connectivity index (χ3v) is 1.64. The molecule has 0 saturated heterocycles. The first kappa shape index (κ1) is 7.52. The Hall–Kier alpha value is -2.13. The molecule has 64 valence electrons. The van der Waals surface area contributed by atoms with Crippen molar-refractivity contribution < 1.29 is 0 Å². The van der Waals surface area contributed by atoms with E-state index in [1.54, 1.807) is 10.8 Å². The largest absolute Gasteiger partial charge is 0.340 e. The Morgan fingerprint density at radius 3 is 3.23 bits per heavy atom. The molecule has 5 heteroatoms. The van der Waals surface area contributed by atoms with Crippen molar-refractivity contribution >= 4 is 17.4 Å². The average molecular weight is 173 g/mol. The van der Waals surface area contributed by atoms with Crippen molar-refractivity contribution in [2.45, 2.75) is 0 Å². The molecular weight excluding hydrogens is 166 g/mol. The predicted molar refractivity (Wildman–Crippen MR) is 47.6 cm³/mol. The van der Waals surface area contributed by atoms with Crippen LogP contribution in [0.5, 0.6) is 0 Å². The van der Waals surface area contributed by atoms with Crippen LogP contribution in [0.1, 0.15) is 0 Å². The molecule has 13 heavy (non-hydrogen) atoms. The standard InChI is InChI=1S/C8H7N5/c1-2-3-13-5-12-7(9)6-8(13)11-4-10-6/h3-5,9H,1H2,(H,10,11). The van der Waals surface area contributed by atoms with Crippen LogP contribution < -0.4 is 5.49 Å². The fourth-order valence-corrected chi connectivity index (χ4v) is 1.09. The molecule has 0 saturated carbocycles. The fraction of sp³-hybridized carbons (Fsp3) is 0. The summed E-state index contributed by atoms with van der Waals surface area (Å²) in [7, 11) is 0. The second kappa shape index (κ2) is 2.73. The Labute approximate surface area is 73.6 Å². The van der Waals surface area contributed by atoms with Crippen LogP contribution in [0.25, 0.3) is 17.4 Å². The lowest BCUT2D eigenvalue weighted by molar-refractivity contribution is 1.01. The van der Waals surface area contributed by atoms with Crippen LogP contribution in [0.2, 0.25) is 0 Å². The molecule has 0 unspecified atom stereocenters. The zero-order valence-electron chi connectivity index (χ0n) is 6.78. The van der Waals surface area contributed by atoms with Gasteiger partial charge in [0.2, 0.25) is 0 Å². The molecule has 0 amide bonds. The van der Waals surface area contributed by atoms with Gasteiger partial charge in [0.1, 0.15) is 11.8 Å². The van der Waals surface area contributed by atoms with Gasteiger partial charge in [0.15, 0.2) is 11.1 Å². The summed E-state index contributed by atoms with van der Waals surface area (Å²) in [6, 6.07) is 0. The number of imidazole rings is 1. The van der Waals surface area contributed by atoms with Gasteiger partial charge >= 0.3 is 0 Å². The van der Waals surface area contributed by atoms with Crippen LogP contribution in [0.3, 0.4) is 0 Å². The van der Waals surface area contributed by atoms with Crippen molar-refractivity contribution in [2.75, 3.05) is 0 Å². The monoisotopic (exact) mass is 173 g/mol. The van der Waals surface area contributed by atoms with Crippen molar-refractivity contribution in [3.05, 3.63) is 30.5 Å². The number of nitrogens with one attached hydrogen (secondary N) is 2. The Morgan fingerprint density at radius 1 is 1.62 bits per heavy atom. The highest BCUT2D eigenvalue weighted by atomic mass is 15.1. The first-order valence-electron chi connectivity index (χ1n) is 3.63. The highest BCUT2D eigenvalue weighted by Gasteiger charge is 2.00. The number of H-pyrrole nitrogens is 1. The van der Waals surface area contributed by atoms with E-state index in [0.29, 0.717) is 11.2 Å². The van der Waals surface area contributed by atoms with Gasteiger partial charge in [-0.2, -0.15) is 0 Å². The molecule has 0 aliphatic rings. The van der Waals surface area contributed by atoms with Gasteiger partial charge in [-0.25, -0.2) is 9.97 Å². The Balaban J connectivity index is 2.93. The summed E-state index contributed by atoms with van der Waals surface area (Å²) in [4.78, 5) is 10.7. The van der Waals surface area contributed by atoms with E-state index < -0.39 is 0 Å². The zero-order chi connectivity index (χ0) is 9.26. The minimum Gasteiger partial charge on any atom is -0.340 e. The Morgan fingerprint density at radius 2 is 2.46 bits per heavy atom. The molecule has 0 fully saturated rings. The van der Waals surface area contributed by atoms with Crippen LogP contribution in [0, 0.1) is 5.41 Å². The van der Waals surface area contributed by atoms with Crippen LogP contribution in [-0.4, -0.2) is 19.5 Å². The fourth-order valence-electron chi connectivity index (χ4n) is 1.09. The van der Waals surface area contributed by atoms with Crippen molar-refractivity contribution in [3.8, 4) is 0 Å². The number of aromatic nitrogens is 4. The number of hydrogen-bond acceptors (Lipinski definition) is 3. The first-order chi connectivity index (χ1) is 6.33. The van der Waals surface area contributed by atoms with E-state index in [1.807, 2.05) is 0 Å². The maximum absolute atomic E-state index is 7.46. The summed E-state index contributed by atoms with van der Waals surface area (Å²) in [5.41, 5.74) is 4.05. The molecule has 2 aromatic rings. The molecule has 0 aromatic carbocycles. The minimum atomic E-state index is 0.182. The molecule has 0 aliphatic heterocycles. The highest BCUT2D eigenvalue weighted by molar-refractivity contribution is 5.70. The van der Waals surface area contributed by atoms with Crippen LogP contribution in [0.4, 0.5) is 0 Å². The van der Waals surface area contributed by atoms with Crippen LogP contribution >= 0.6 is 0 Å². The second-order valence-electron chi connectivity index (χ2n) is 2.43. The average Bonchev–Trinajstić information content (AvgIpc) is 2.59. The smallest absolute Gasteiger partial charge is 0.173 e. The van der Waals surface area contributed by atoms with Crippen molar-refractivity contribution in [1.29, 1.82) is 5.41 Å². The lowest BCUT2D eigenvalue weighted by atomic mass is 10.5. The predicted octanol–water partition coefficient (Wildman–Crippen LogP) is 0.494. The quantitative estimate of drug-likeness (QED) is 0.616. The van der Waals surface area contributed by atoms with Gasteiger partial charge in [-0.05, 0) is 0 Å². The minimum absolute atomic E-state index is 0.182. The molecular formula is C8H7N5. The van der Waals surface area contributed by atoms with Gasteiger partial charge in [0.05, 0.1) is 12.5 Å². The number of aromatic amines is 1. The van der Waals surface area contributed by atoms with Crippen LogP contribution in [-0.2, 0) is 0 Å². The first-order valence-corrected chi connectivity index (χ1v) is 3.63. The third kappa shape index (κ3) is 1.07. The number of hydrogen-bond donors (Lipinski definition) is 2. The molecule has 5 nitrogen and oxygen atoms in total. The number of nitrogens with zero attached hydrogens (tertiary/aromatic N) is 3. The molecule has 0 aliphatic carbocycles. The summed E-state index contributed by atoms with van der Waals surface area (Å²) in [5, 5.41) is 7.46. The maximum atomic E-state index is 7.46. The van der Waals surface area contributed by atoms with Gasteiger partial charge in [-0.1, -0.05) is 6.58 Å². The van der Waals surface area contributed by atoms with Gasteiger partial charge in [-0.3, -0.25) is 9.98 Å². The second-order valence-corrected chi connectivity index (χ2v) is 2.43.